The Morgan fingerprint density at radius 1 is 1.19 bits per heavy atom. The topological polar surface area (TPSA) is 53.5 Å². The maximum atomic E-state index is 13.0. The van der Waals surface area contributed by atoms with Crippen LogP contribution in [0.3, 0.4) is 0 Å². The van der Waals surface area contributed by atoms with Gasteiger partial charge in [-0.2, -0.15) is 0 Å². The smallest absolute Gasteiger partial charge is 0.225 e. The molecule has 2 aromatic rings. The van der Waals surface area contributed by atoms with Gasteiger partial charge in [-0.3, -0.25) is 9.79 Å². The molecule has 2 aromatic carbocycles. The average molecular weight is 363 g/mol. The van der Waals surface area contributed by atoms with E-state index in [9.17, 15) is 9.18 Å². The number of rotatable bonds is 3. The summed E-state index contributed by atoms with van der Waals surface area (Å²) in [5, 5.41) is 6.59. The van der Waals surface area contributed by atoms with E-state index in [1.54, 1.807) is 12.1 Å². The summed E-state index contributed by atoms with van der Waals surface area (Å²) in [5.41, 5.74) is 5.41. The van der Waals surface area contributed by atoms with E-state index in [4.69, 9.17) is 0 Å². The molecule has 2 atom stereocenters. The summed E-state index contributed by atoms with van der Waals surface area (Å²) in [6.45, 7) is 2.04. The first-order valence-corrected chi connectivity index (χ1v) is 9.26. The van der Waals surface area contributed by atoms with E-state index >= 15 is 0 Å². The highest BCUT2D eigenvalue weighted by atomic mass is 19.1. The van der Waals surface area contributed by atoms with Gasteiger partial charge in [0.25, 0.3) is 0 Å². The van der Waals surface area contributed by atoms with Crippen molar-refractivity contribution in [2.24, 2.45) is 4.99 Å². The number of carbonyl (C=O) groups is 1. The van der Waals surface area contributed by atoms with Gasteiger partial charge in [-0.05, 0) is 43.0 Å². The second kappa shape index (κ2) is 7.35. The third-order valence-electron chi connectivity index (χ3n) is 5.11. The van der Waals surface area contributed by atoms with Crippen LogP contribution in [-0.4, -0.2) is 24.2 Å². The van der Waals surface area contributed by atoms with E-state index in [1.165, 1.54) is 23.3 Å². The van der Waals surface area contributed by atoms with E-state index in [-0.39, 0.29) is 30.2 Å². The van der Waals surface area contributed by atoms with Crippen LogP contribution in [0.1, 0.15) is 30.0 Å². The number of carbonyl (C=O) groups excluding carboxylic acids is 1. The number of nitrogens with one attached hydrogen (secondary N) is 2. The summed E-state index contributed by atoms with van der Waals surface area (Å²) in [7, 11) is 0. The van der Waals surface area contributed by atoms with Crippen molar-refractivity contribution in [3.8, 4) is 0 Å². The Labute approximate surface area is 158 Å². The van der Waals surface area contributed by atoms with Gasteiger partial charge < -0.3 is 10.6 Å². The Hall–Kier alpha value is -2.95. The van der Waals surface area contributed by atoms with Crippen LogP contribution in [0.5, 0.6) is 0 Å². The van der Waals surface area contributed by atoms with Gasteiger partial charge in [0.15, 0.2) is 0 Å². The molecule has 4 rings (SSSR count). The molecule has 1 amide bonds. The van der Waals surface area contributed by atoms with E-state index in [1.807, 2.05) is 19.2 Å². The van der Waals surface area contributed by atoms with E-state index in [0.29, 0.717) is 0 Å². The highest BCUT2D eigenvalue weighted by molar-refractivity contribution is 5.85. The minimum absolute atomic E-state index is 0.00424. The van der Waals surface area contributed by atoms with E-state index in [0.717, 1.165) is 29.8 Å². The van der Waals surface area contributed by atoms with Crippen LogP contribution in [0.25, 0.3) is 5.70 Å². The first-order valence-electron chi connectivity index (χ1n) is 9.26. The highest BCUT2D eigenvalue weighted by Crippen LogP contribution is 2.31. The van der Waals surface area contributed by atoms with Crippen LogP contribution in [0.2, 0.25) is 0 Å². The van der Waals surface area contributed by atoms with Crippen molar-refractivity contribution in [2.75, 3.05) is 0 Å². The standard InChI is InChI=1S/C22H22FN3O/c1-14-20(26-21(27)12-15-6-9-17(23)10-7-15)13-24-19-11-8-16-4-2-3-5-18(16)22(19)25-14/h2-7,9-10,13-14,20,25H,8,11-12H2,1H3,(H,26,27). The van der Waals surface area contributed by atoms with Gasteiger partial charge in [-0.25, -0.2) is 4.39 Å². The number of nitrogens with zero attached hydrogens (tertiary/aromatic N) is 1. The largest absolute Gasteiger partial charge is 0.378 e. The Kier molecular flexibility index (Phi) is 4.75. The molecule has 1 aliphatic carbocycles. The van der Waals surface area contributed by atoms with Gasteiger partial charge in [-0.15, -0.1) is 0 Å². The molecule has 5 heteroatoms. The molecule has 4 nitrogen and oxygen atoms in total. The van der Waals surface area contributed by atoms with Crippen LogP contribution in [0.15, 0.2) is 59.2 Å². The molecule has 0 spiro atoms. The van der Waals surface area contributed by atoms with Gasteiger partial charge in [0.1, 0.15) is 5.82 Å². The molecular formula is C22H22FN3O. The summed E-state index contributed by atoms with van der Waals surface area (Å²) in [5.74, 6) is -0.406. The molecule has 1 heterocycles. The molecule has 27 heavy (non-hydrogen) atoms. The van der Waals surface area contributed by atoms with Crippen molar-refractivity contribution in [1.29, 1.82) is 0 Å². The molecule has 0 aromatic heterocycles. The fraction of sp³-hybridized carbons (Fsp3) is 0.273. The minimum atomic E-state index is -0.301. The van der Waals surface area contributed by atoms with Crippen LogP contribution < -0.4 is 10.6 Å². The van der Waals surface area contributed by atoms with Crippen molar-refractivity contribution in [2.45, 2.75) is 38.3 Å². The van der Waals surface area contributed by atoms with Gasteiger partial charge in [0, 0.05) is 17.8 Å². The van der Waals surface area contributed by atoms with E-state index in [2.05, 4.69) is 33.8 Å². The van der Waals surface area contributed by atoms with Crippen molar-refractivity contribution in [1.82, 2.24) is 10.6 Å². The third kappa shape index (κ3) is 3.77. The monoisotopic (exact) mass is 363 g/mol. The zero-order valence-electron chi connectivity index (χ0n) is 15.2. The van der Waals surface area contributed by atoms with Crippen LogP contribution in [0.4, 0.5) is 4.39 Å². The number of aryl methyl sites for hydroxylation is 1. The predicted octanol–water partition coefficient (Wildman–Crippen LogP) is 3.23. The molecule has 2 aliphatic rings. The van der Waals surface area contributed by atoms with Crippen molar-refractivity contribution >= 4 is 17.8 Å². The molecule has 138 valence electrons. The van der Waals surface area contributed by atoms with Crippen molar-refractivity contribution < 1.29 is 9.18 Å². The Balaban J connectivity index is 1.46. The van der Waals surface area contributed by atoms with Crippen LogP contribution >= 0.6 is 0 Å². The molecule has 0 radical (unpaired) electrons. The number of hydrogen-bond donors (Lipinski definition) is 2. The van der Waals surface area contributed by atoms with Gasteiger partial charge >= 0.3 is 0 Å². The number of amides is 1. The molecule has 2 N–H and O–H groups in total. The summed E-state index contributed by atoms with van der Waals surface area (Å²) in [6, 6.07) is 14.2. The number of fused-ring (bicyclic) bond motifs is 2. The Bertz CT molecular complexity index is 917. The number of aliphatic imine (C=N–C) groups is 1. The Morgan fingerprint density at radius 2 is 1.96 bits per heavy atom. The van der Waals surface area contributed by atoms with Gasteiger partial charge in [-0.1, -0.05) is 36.4 Å². The lowest BCUT2D eigenvalue weighted by atomic mass is 9.92. The van der Waals surface area contributed by atoms with E-state index < -0.39 is 0 Å². The highest BCUT2D eigenvalue weighted by Gasteiger charge is 2.26. The summed E-state index contributed by atoms with van der Waals surface area (Å²) < 4.78 is 13.0. The first kappa shape index (κ1) is 17.5. The summed E-state index contributed by atoms with van der Waals surface area (Å²) >= 11 is 0. The number of hydrogen-bond acceptors (Lipinski definition) is 3. The molecule has 1 aliphatic heterocycles. The van der Waals surface area contributed by atoms with Gasteiger partial charge in [0.05, 0.1) is 23.9 Å². The number of benzene rings is 2. The quantitative estimate of drug-likeness (QED) is 0.880. The molecule has 2 unspecified atom stereocenters. The van der Waals surface area contributed by atoms with Gasteiger partial charge in [0.2, 0.25) is 5.91 Å². The zero-order chi connectivity index (χ0) is 18.8. The first-order chi connectivity index (χ1) is 13.1. The molecule has 0 fully saturated rings. The third-order valence-corrected chi connectivity index (χ3v) is 5.11. The average Bonchev–Trinajstić information content (AvgIpc) is 2.83. The van der Waals surface area contributed by atoms with Crippen molar-refractivity contribution in [3.63, 3.8) is 0 Å². The normalized spacial score (nSPS) is 21.0. The fourth-order valence-corrected chi connectivity index (χ4v) is 3.61. The lowest BCUT2D eigenvalue weighted by Crippen LogP contribution is -2.48. The summed E-state index contributed by atoms with van der Waals surface area (Å²) in [6.07, 6.45) is 3.91. The molecule has 0 saturated heterocycles. The molecule has 0 saturated carbocycles. The Morgan fingerprint density at radius 3 is 2.78 bits per heavy atom. The summed E-state index contributed by atoms with van der Waals surface area (Å²) in [4.78, 5) is 17.1. The number of allylic oxidation sites excluding steroid dienone is 1. The lowest BCUT2D eigenvalue weighted by molar-refractivity contribution is -0.120. The lowest BCUT2D eigenvalue weighted by Gasteiger charge is -2.26. The van der Waals surface area contributed by atoms with Crippen LogP contribution in [0, 0.1) is 5.82 Å². The van der Waals surface area contributed by atoms with Crippen LogP contribution in [-0.2, 0) is 17.6 Å². The molecular weight excluding hydrogens is 341 g/mol. The maximum Gasteiger partial charge on any atom is 0.225 e. The second-order valence-electron chi connectivity index (χ2n) is 7.09. The zero-order valence-corrected chi connectivity index (χ0v) is 15.2. The molecule has 0 bridgehead atoms. The minimum Gasteiger partial charge on any atom is -0.378 e. The van der Waals surface area contributed by atoms with Crippen molar-refractivity contribution in [3.05, 3.63) is 76.7 Å². The second-order valence-corrected chi connectivity index (χ2v) is 7.09. The SMILES string of the molecule is CC1NC2=C(CCc3ccccc32)N=CC1NC(=O)Cc1ccc(F)cc1. The fourth-order valence-electron chi connectivity index (χ4n) is 3.61. The number of halogens is 1. The maximum absolute atomic E-state index is 13.0. The predicted molar refractivity (Wildman–Crippen MR) is 105 cm³/mol.